The highest BCUT2D eigenvalue weighted by atomic mass is 16.5. The van der Waals surface area contributed by atoms with Crippen LogP contribution in [0.4, 0.5) is 5.69 Å². The Balaban J connectivity index is 1.44. The van der Waals surface area contributed by atoms with E-state index in [4.69, 9.17) is 4.52 Å². The van der Waals surface area contributed by atoms with E-state index in [0.717, 1.165) is 16.7 Å². The van der Waals surface area contributed by atoms with Crippen molar-refractivity contribution in [1.82, 2.24) is 24.5 Å². The largest absolute Gasteiger partial charge is 0.334 e. The van der Waals surface area contributed by atoms with Crippen LogP contribution in [-0.2, 0) is 0 Å². The molecule has 5 aromatic rings. The van der Waals surface area contributed by atoms with Crippen molar-refractivity contribution in [2.45, 2.75) is 13.8 Å². The fraction of sp³-hybridized carbons (Fsp3) is 0.0870. The molecule has 0 aliphatic rings. The SMILES string of the molecule is Cc1cncc(-c2noc(-c3ccc(C)c(NC(=O)c4cnc5ccccn45)c3)n2)c1. The Morgan fingerprint density at radius 3 is 2.81 bits per heavy atom. The lowest BCUT2D eigenvalue weighted by atomic mass is 10.1. The fourth-order valence-electron chi connectivity index (χ4n) is 3.31. The molecule has 0 saturated carbocycles. The van der Waals surface area contributed by atoms with Crippen LogP contribution in [-0.4, -0.2) is 30.4 Å². The molecule has 0 radical (unpaired) electrons. The molecule has 0 fully saturated rings. The number of anilines is 1. The number of hydrogen-bond acceptors (Lipinski definition) is 6. The van der Waals surface area contributed by atoms with Gasteiger partial charge >= 0.3 is 0 Å². The third kappa shape index (κ3) is 3.55. The monoisotopic (exact) mass is 410 g/mol. The van der Waals surface area contributed by atoms with E-state index in [-0.39, 0.29) is 5.91 Å². The second-order valence-electron chi connectivity index (χ2n) is 7.23. The zero-order chi connectivity index (χ0) is 21.4. The average Bonchev–Trinajstić information content (AvgIpc) is 3.43. The smallest absolute Gasteiger partial charge is 0.274 e. The number of nitrogens with zero attached hydrogens (tertiary/aromatic N) is 5. The minimum atomic E-state index is -0.254. The summed E-state index contributed by atoms with van der Waals surface area (Å²) in [7, 11) is 0. The van der Waals surface area contributed by atoms with Crippen LogP contribution in [0.2, 0.25) is 0 Å². The highest BCUT2D eigenvalue weighted by Crippen LogP contribution is 2.27. The third-order valence-electron chi connectivity index (χ3n) is 4.94. The van der Waals surface area contributed by atoms with Gasteiger partial charge in [-0.2, -0.15) is 4.98 Å². The van der Waals surface area contributed by atoms with Gasteiger partial charge < -0.3 is 9.84 Å². The van der Waals surface area contributed by atoms with Gasteiger partial charge in [0.05, 0.1) is 6.20 Å². The molecule has 0 spiro atoms. The number of carbonyl (C=O) groups excluding carboxylic acids is 1. The van der Waals surface area contributed by atoms with Crippen molar-refractivity contribution in [1.29, 1.82) is 0 Å². The molecule has 152 valence electrons. The number of aryl methyl sites for hydroxylation is 2. The van der Waals surface area contributed by atoms with Crippen LogP contribution in [0.15, 0.2) is 71.8 Å². The van der Waals surface area contributed by atoms with E-state index in [1.807, 2.05) is 56.3 Å². The molecule has 1 amide bonds. The standard InChI is InChI=1S/C23H18N6O2/c1-14-9-17(12-24-11-14)21-27-23(31-28-21)16-7-6-15(2)18(10-16)26-22(30)19-13-25-20-5-3-4-8-29(19)20/h3-13H,1-2H3,(H,26,30). The molecule has 1 N–H and O–H groups in total. The molecule has 8 heteroatoms. The van der Waals surface area contributed by atoms with Gasteiger partial charge in [-0.1, -0.05) is 17.3 Å². The first-order valence-corrected chi connectivity index (χ1v) is 9.69. The number of imidazole rings is 1. The summed E-state index contributed by atoms with van der Waals surface area (Å²) in [6, 6.07) is 13.1. The maximum Gasteiger partial charge on any atom is 0.274 e. The third-order valence-corrected chi connectivity index (χ3v) is 4.94. The maximum atomic E-state index is 12.9. The van der Waals surface area contributed by atoms with Crippen molar-refractivity contribution < 1.29 is 9.32 Å². The van der Waals surface area contributed by atoms with Crippen LogP contribution in [0, 0.1) is 13.8 Å². The predicted octanol–water partition coefficient (Wildman–Crippen LogP) is 4.32. The molecule has 0 unspecified atom stereocenters. The van der Waals surface area contributed by atoms with Gasteiger partial charge in [-0.3, -0.25) is 14.2 Å². The lowest BCUT2D eigenvalue weighted by Gasteiger charge is -2.09. The molecule has 0 atom stereocenters. The normalized spacial score (nSPS) is 11.0. The highest BCUT2D eigenvalue weighted by Gasteiger charge is 2.16. The van der Waals surface area contributed by atoms with Crippen molar-refractivity contribution >= 4 is 17.2 Å². The van der Waals surface area contributed by atoms with Crippen LogP contribution >= 0.6 is 0 Å². The first kappa shape index (κ1) is 18.7. The highest BCUT2D eigenvalue weighted by molar-refractivity contribution is 6.04. The van der Waals surface area contributed by atoms with Crippen molar-refractivity contribution in [3.8, 4) is 22.8 Å². The van der Waals surface area contributed by atoms with Gasteiger partial charge in [0.25, 0.3) is 11.8 Å². The number of hydrogen-bond donors (Lipinski definition) is 1. The van der Waals surface area contributed by atoms with Crippen molar-refractivity contribution in [3.05, 3.63) is 84.1 Å². The number of rotatable bonds is 4. The summed E-state index contributed by atoms with van der Waals surface area (Å²) >= 11 is 0. The summed E-state index contributed by atoms with van der Waals surface area (Å²) in [4.78, 5) is 25.8. The maximum absolute atomic E-state index is 12.9. The van der Waals surface area contributed by atoms with E-state index in [9.17, 15) is 4.79 Å². The Morgan fingerprint density at radius 1 is 1.03 bits per heavy atom. The minimum absolute atomic E-state index is 0.254. The van der Waals surface area contributed by atoms with Gasteiger partial charge in [0.2, 0.25) is 5.82 Å². The van der Waals surface area contributed by atoms with E-state index < -0.39 is 0 Å². The van der Waals surface area contributed by atoms with E-state index in [0.29, 0.717) is 34.3 Å². The van der Waals surface area contributed by atoms with Crippen molar-refractivity contribution in [2.75, 3.05) is 5.32 Å². The average molecular weight is 410 g/mol. The summed E-state index contributed by atoms with van der Waals surface area (Å²) in [6.07, 6.45) is 6.83. The van der Waals surface area contributed by atoms with Gasteiger partial charge in [-0.25, -0.2) is 4.98 Å². The molecule has 31 heavy (non-hydrogen) atoms. The Hall–Kier alpha value is -4.33. The second kappa shape index (κ2) is 7.49. The number of amides is 1. The molecular weight excluding hydrogens is 392 g/mol. The minimum Gasteiger partial charge on any atom is -0.334 e. The van der Waals surface area contributed by atoms with E-state index >= 15 is 0 Å². The quantitative estimate of drug-likeness (QED) is 0.474. The number of pyridine rings is 2. The summed E-state index contributed by atoms with van der Waals surface area (Å²) in [5, 5.41) is 7.03. The summed E-state index contributed by atoms with van der Waals surface area (Å²) in [5.41, 5.74) is 5.23. The van der Waals surface area contributed by atoms with Gasteiger partial charge in [0, 0.05) is 35.4 Å². The number of fused-ring (bicyclic) bond motifs is 1. The Bertz CT molecular complexity index is 1420. The van der Waals surface area contributed by atoms with Crippen LogP contribution < -0.4 is 5.32 Å². The fourth-order valence-corrected chi connectivity index (χ4v) is 3.31. The summed E-state index contributed by atoms with van der Waals surface area (Å²) < 4.78 is 7.20. The van der Waals surface area contributed by atoms with E-state index in [1.165, 1.54) is 0 Å². The Labute approximate surface area is 177 Å². The first-order valence-electron chi connectivity index (χ1n) is 9.69. The molecule has 4 aromatic heterocycles. The molecule has 0 aliphatic carbocycles. The molecule has 5 rings (SSSR count). The predicted molar refractivity (Wildman–Crippen MR) is 116 cm³/mol. The van der Waals surface area contributed by atoms with Crippen LogP contribution in [0.3, 0.4) is 0 Å². The number of aromatic nitrogens is 5. The molecule has 0 bridgehead atoms. The summed E-state index contributed by atoms with van der Waals surface area (Å²) in [5.74, 6) is 0.570. The zero-order valence-electron chi connectivity index (χ0n) is 16.9. The number of carbonyl (C=O) groups is 1. The lowest BCUT2D eigenvalue weighted by Crippen LogP contribution is -2.15. The second-order valence-corrected chi connectivity index (χ2v) is 7.23. The summed E-state index contributed by atoms with van der Waals surface area (Å²) in [6.45, 7) is 3.88. The Kier molecular flexibility index (Phi) is 4.51. The van der Waals surface area contributed by atoms with E-state index in [1.54, 1.807) is 29.2 Å². The van der Waals surface area contributed by atoms with Crippen molar-refractivity contribution in [3.63, 3.8) is 0 Å². The number of nitrogens with one attached hydrogen (secondary N) is 1. The topological polar surface area (TPSA) is 98.2 Å². The lowest BCUT2D eigenvalue weighted by molar-refractivity contribution is 0.102. The molecule has 0 saturated heterocycles. The van der Waals surface area contributed by atoms with E-state index in [2.05, 4.69) is 25.4 Å². The van der Waals surface area contributed by atoms with Crippen LogP contribution in [0.1, 0.15) is 21.6 Å². The van der Waals surface area contributed by atoms with Crippen LogP contribution in [0.25, 0.3) is 28.5 Å². The van der Waals surface area contributed by atoms with Gasteiger partial charge in [-0.15, -0.1) is 0 Å². The molecule has 0 aliphatic heterocycles. The van der Waals surface area contributed by atoms with Gasteiger partial charge in [-0.05, 0) is 55.3 Å². The zero-order valence-corrected chi connectivity index (χ0v) is 16.9. The first-order chi connectivity index (χ1) is 15.1. The van der Waals surface area contributed by atoms with Gasteiger partial charge in [0.1, 0.15) is 11.3 Å². The number of benzene rings is 1. The van der Waals surface area contributed by atoms with Crippen molar-refractivity contribution in [2.24, 2.45) is 0 Å². The molecule has 8 nitrogen and oxygen atoms in total. The molecular formula is C23H18N6O2. The molecule has 1 aromatic carbocycles. The van der Waals surface area contributed by atoms with Gasteiger partial charge in [0.15, 0.2) is 0 Å². The molecule has 4 heterocycles. The Morgan fingerprint density at radius 2 is 1.94 bits per heavy atom. The van der Waals surface area contributed by atoms with Crippen LogP contribution in [0.5, 0.6) is 0 Å².